The molecule has 144 valence electrons. The van der Waals surface area contributed by atoms with Crippen LogP contribution < -0.4 is 16.2 Å². The zero-order valence-corrected chi connectivity index (χ0v) is 15.9. The second-order valence-electron chi connectivity index (χ2n) is 6.92. The zero-order valence-electron chi connectivity index (χ0n) is 15.9. The number of hydrogen-bond acceptors (Lipinski definition) is 7. The van der Waals surface area contributed by atoms with Crippen molar-refractivity contribution in [3.63, 3.8) is 0 Å². The van der Waals surface area contributed by atoms with E-state index in [1.165, 1.54) is 0 Å². The van der Waals surface area contributed by atoms with Crippen LogP contribution in [0.4, 0.5) is 22.4 Å². The molecule has 8 heteroatoms. The summed E-state index contributed by atoms with van der Waals surface area (Å²) in [6, 6.07) is 19.0. The van der Waals surface area contributed by atoms with E-state index in [1.54, 1.807) is 20.8 Å². The van der Waals surface area contributed by atoms with E-state index in [0.29, 0.717) is 11.8 Å². The molecule has 0 saturated carbocycles. The monoisotopic (exact) mass is 378 g/mol. The smallest absolute Gasteiger partial charge is 0.426 e. The van der Waals surface area contributed by atoms with Crippen LogP contribution >= 0.6 is 0 Å². The second-order valence-corrected chi connectivity index (χ2v) is 6.92. The Bertz CT molecular complexity index is 926. The minimum Gasteiger partial charge on any atom is -0.443 e. The Morgan fingerprint density at radius 2 is 1.46 bits per heavy atom. The molecule has 0 bridgehead atoms. The number of hydrazine groups is 1. The van der Waals surface area contributed by atoms with E-state index >= 15 is 0 Å². The van der Waals surface area contributed by atoms with Crippen molar-refractivity contribution in [1.82, 2.24) is 20.4 Å². The molecule has 3 N–H and O–H groups in total. The zero-order chi connectivity index (χ0) is 20.0. The molecule has 0 unspecified atom stereocenters. The molecule has 0 spiro atoms. The van der Waals surface area contributed by atoms with Gasteiger partial charge in [-0.1, -0.05) is 48.5 Å². The number of carbonyl (C=O) groups is 1. The molecule has 0 radical (unpaired) electrons. The lowest BCUT2D eigenvalue weighted by molar-refractivity contribution is 0.0540. The van der Waals surface area contributed by atoms with E-state index in [4.69, 9.17) is 4.74 Å². The van der Waals surface area contributed by atoms with E-state index < -0.39 is 11.7 Å². The highest BCUT2D eigenvalue weighted by Gasteiger charge is 2.16. The fraction of sp³-hybridized carbons (Fsp3) is 0.200. The first-order chi connectivity index (χ1) is 13.4. The summed E-state index contributed by atoms with van der Waals surface area (Å²) in [6.45, 7) is 5.35. The standard InChI is InChI=1S/C20H22N6O2/c1-20(2,3)28-19(27)26-25-18-23-16(14-10-6-4-7-11-14)22-17(24-18)21-15-12-8-5-9-13-15/h4-13H,1-3H3,(H,26,27)(H2,21,22,23,24,25). The van der Waals surface area contributed by atoms with Crippen LogP contribution in [0.1, 0.15) is 20.8 Å². The minimum atomic E-state index is -0.633. The first-order valence-corrected chi connectivity index (χ1v) is 8.78. The van der Waals surface area contributed by atoms with Crippen molar-refractivity contribution in [2.24, 2.45) is 0 Å². The van der Waals surface area contributed by atoms with Gasteiger partial charge in [0.15, 0.2) is 5.82 Å². The van der Waals surface area contributed by atoms with Crippen molar-refractivity contribution in [2.75, 3.05) is 10.7 Å². The van der Waals surface area contributed by atoms with Crippen LogP contribution in [-0.2, 0) is 4.74 Å². The number of carbonyl (C=O) groups excluding carboxylic acids is 1. The molecular weight excluding hydrogens is 356 g/mol. The van der Waals surface area contributed by atoms with Gasteiger partial charge >= 0.3 is 6.09 Å². The minimum absolute atomic E-state index is 0.179. The quantitative estimate of drug-likeness (QED) is 0.574. The number of anilines is 3. The van der Waals surface area contributed by atoms with Crippen LogP contribution in [0.3, 0.4) is 0 Å². The summed E-state index contributed by atoms with van der Waals surface area (Å²) in [5.74, 6) is 0.981. The largest absolute Gasteiger partial charge is 0.443 e. The summed E-state index contributed by atoms with van der Waals surface area (Å²) in [4.78, 5) is 25.0. The molecule has 0 aliphatic heterocycles. The summed E-state index contributed by atoms with van der Waals surface area (Å²) >= 11 is 0. The number of aromatic nitrogens is 3. The van der Waals surface area contributed by atoms with Crippen LogP contribution in [0.2, 0.25) is 0 Å². The van der Waals surface area contributed by atoms with Gasteiger partial charge in [0.1, 0.15) is 5.60 Å². The maximum Gasteiger partial charge on any atom is 0.426 e. The molecule has 8 nitrogen and oxygen atoms in total. The maximum absolute atomic E-state index is 11.9. The molecule has 1 aromatic heterocycles. The van der Waals surface area contributed by atoms with Crippen LogP contribution in [0, 0.1) is 0 Å². The number of para-hydroxylation sites is 1. The molecule has 0 aliphatic rings. The SMILES string of the molecule is CC(C)(C)OC(=O)NNc1nc(Nc2ccccc2)nc(-c2ccccc2)n1. The molecule has 2 aromatic carbocycles. The lowest BCUT2D eigenvalue weighted by Crippen LogP contribution is -2.36. The highest BCUT2D eigenvalue weighted by atomic mass is 16.6. The number of hydrogen-bond donors (Lipinski definition) is 3. The molecular formula is C20H22N6O2. The number of nitrogens with one attached hydrogen (secondary N) is 3. The van der Waals surface area contributed by atoms with Gasteiger partial charge in [0.25, 0.3) is 0 Å². The third-order valence-electron chi connectivity index (χ3n) is 3.37. The van der Waals surface area contributed by atoms with Crippen molar-refractivity contribution in [3.05, 3.63) is 60.7 Å². The normalized spacial score (nSPS) is 10.8. The summed E-state index contributed by atoms with van der Waals surface area (Å²) < 4.78 is 5.20. The van der Waals surface area contributed by atoms with Crippen LogP contribution in [0.25, 0.3) is 11.4 Å². The molecule has 0 saturated heterocycles. The average Bonchev–Trinajstić information content (AvgIpc) is 2.66. The Balaban J connectivity index is 1.84. The second kappa shape index (κ2) is 8.34. The number of rotatable bonds is 5. The van der Waals surface area contributed by atoms with Gasteiger partial charge in [0.2, 0.25) is 11.9 Å². The van der Waals surface area contributed by atoms with Crippen LogP contribution in [0.5, 0.6) is 0 Å². The first-order valence-electron chi connectivity index (χ1n) is 8.78. The number of amides is 1. The summed E-state index contributed by atoms with van der Waals surface area (Å²) in [5.41, 5.74) is 6.15. The Morgan fingerprint density at radius 1 is 0.857 bits per heavy atom. The Morgan fingerprint density at radius 3 is 2.11 bits per heavy atom. The van der Waals surface area contributed by atoms with Gasteiger partial charge in [0, 0.05) is 11.3 Å². The molecule has 28 heavy (non-hydrogen) atoms. The van der Waals surface area contributed by atoms with Gasteiger partial charge in [-0.3, -0.25) is 5.43 Å². The van der Waals surface area contributed by atoms with Crippen molar-refractivity contribution < 1.29 is 9.53 Å². The fourth-order valence-electron chi connectivity index (χ4n) is 2.27. The van der Waals surface area contributed by atoms with Gasteiger partial charge in [-0.05, 0) is 32.9 Å². The van der Waals surface area contributed by atoms with Gasteiger partial charge < -0.3 is 10.1 Å². The third kappa shape index (κ3) is 5.66. The molecule has 0 aliphatic carbocycles. The number of benzene rings is 2. The molecule has 3 aromatic rings. The predicted molar refractivity (Wildman–Crippen MR) is 108 cm³/mol. The van der Waals surface area contributed by atoms with Crippen molar-refractivity contribution in [2.45, 2.75) is 26.4 Å². The van der Waals surface area contributed by atoms with E-state index in [1.807, 2.05) is 60.7 Å². The molecule has 3 rings (SSSR count). The highest BCUT2D eigenvalue weighted by Crippen LogP contribution is 2.19. The van der Waals surface area contributed by atoms with Gasteiger partial charge in [-0.2, -0.15) is 15.0 Å². The Hall–Kier alpha value is -3.68. The van der Waals surface area contributed by atoms with Crippen LogP contribution in [-0.4, -0.2) is 26.6 Å². The summed E-state index contributed by atoms with van der Waals surface area (Å²) in [6.07, 6.45) is -0.633. The highest BCUT2D eigenvalue weighted by molar-refractivity contribution is 5.69. The van der Waals surface area contributed by atoms with E-state index in [9.17, 15) is 4.79 Å². The average molecular weight is 378 g/mol. The van der Waals surface area contributed by atoms with E-state index in [2.05, 4.69) is 31.1 Å². The topological polar surface area (TPSA) is 101 Å². The number of ether oxygens (including phenoxy) is 1. The molecule has 1 heterocycles. The maximum atomic E-state index is 11.9. The third-order valence-corrected chi connectivity index (χ3v) is 3.37. The Kier molecular flexibility index (Phi) is 5.69. The summed E-state index contributed by atoms with van der Waals surface area (Å²) in [7, 11) is 0. The fourth-order valence-corrected chi connectivity index (χ4v) is 2.27. The molecule has 0 atom stereocenters. The lowest BCUT2D eigenvalue weighted by Gasteiger charge is -2.19. The van der Waals surface area contributed by atoms with E-state index in [0.717, 1.165) is 11.3 Å². The predicted octanol–water partition coefficient (Wildman–Crippen LogP) is 4.13. The van der Waals surface area contributed by atoms with Gasteiger partial charge in [-0.25, -0.2) is 10.2 Å². The Labute approximate surface area is 163 Å². The van der Waals surface area contributed by atoms with Crippen molar-refractivity contribution >= 4 is 23.7 Å². The summed E-state index contributed by atoms with van der Waals surface area (Å²) in [5, 5.41) is 3.13. The first kappa shape index (κ1) is 19.1. The molecule has 0 fully saturated rings. The number of nitrogens with zero attached hydrogens (tertiary/aromatic N) is 3. The lowest BCUT2D eigenvalue weighted by atomic mass is 10.2. The van der Waals surface area contributed by atoms with Gasteiger partial charge in [0.05, 0.1) is 0 Å². The van der Waals surface area contributed by atoms with Crippen molar-refractivity contribution in [3.8, 4) is 11.4 Å². The van der Waals surface area contributed by atoms with E-state index in [-0.39, 0.29) is 5.95 Å². The van der Waals surface area contributed by atoms with Crippen LogP contribution in [0.15, 0.2) is 60.7 Å². The molecule has 1 amide bonds. The van der Waals surface area contributed by atoms with Crippen molar-refractivity contribution in [1.29, 1.82) is 0 Å². The van der Waals surface area contributed by atoms with Gasteiger partial charge in [-0.15, -0.1) is 0 Å².